The highest BCUT2D eigenvalue weighted by Gasteiger charge is 2.41. The van der Waals surface area contributed by atoms with Crippen molar-refractivity contribution >= 4 is 11.7 Å². The fourth-order valence-electron chi connectivity index (χ4n) is 3.21. The number of unbranched alkanes of at least 4 members (excludes halogenated alkanes) is 3. The molecule has 124 valence electrons. The van der Waals surface area contributed by atoms with E-state index in [9.17, 15) is 9.59 Å². The zero-order valence-electron chi connectivity index (χ0n) is 14.2. The zero-order valence-corrected chi connectivity index (χ0v) is 14.2. The van der Waals surface area contributed by atoms with Gasteiger partial charge in [0.1, 0.15) is 11.7 Å². The summed E-state index contributed by atoms with van der Waals surface area (Å²) in [6.07, 6.45) is 8.87. The Morgan fingerprint density at radius 3 is 2.65 bits per heavy atom. The summed E-state index contributed by atoms with van der Waals surface area (Å²) in [5, 5.41) is 0. The number of hydrogen-bond acceptors (Lipinski definition) is 2. The molecule has 0 radical (unpaired) electrons. The van der Waals surface area contributed by atoms with Gasteiger partial charge in [-0.25, -0.2) is 0 Å². The molecule has 1 aromatic rings. The van der Waals surface area contributed by atoms with E-state index in [0.717, 1.165) is 12.0 Å². The van der Waals surface area contributed by atoms with Crippen molar-refractivity contribution in [1.29, 1.82) is 0 Å². The predicted octanol–water partition coefficient (Wildman–Crippen LogP) is 3.99. The number of Topliss-reactive ketones (excluding diaryl/α,β-unsaturated/α-hetero) is 1. The molecule has 3 heteroatoms. The Morgan fingerprint density at radius 1 is 1.26 bits per heavy atom. The minimum Gasteiger partial charge on any atom is -0.337 e. The average Bonchev–Trinajstić information content (AvgIpc) is 2.84. The second-order valence-electron chi connectivity index (χ2n) is 6.38. The van der Waals surface area contributed by atoms with E-state index in [1.807, 2.05) is 35.2 Å². The topological polar surface area (TPSA) is 37.4 Å². The van der Waals surface area contributed by atoms with Gasteiger partial charge < -0.3 is 4.90 Å². The Morgan fingerprint density at radius 2 is 2.00 bits per heavy atom. The van der Waals surface area contributed by atoms with Crippen molar-refractivity contribution in [1.82, 2.24) is 4.90 Å². The molecule has 1 fully saturated rings. The molecule has 1 heterocycles. The van der Waals surface area contributed by atoms with Gasteiger partial charge in [-0.05, 0) is 25.3 Å². The number of nitrogens with zero attached hydrogens (tertiary/aromatic N) is 1. The SMILES string of the molecule is CCCCC/C=C/[C@@H]1CN(Cc2ccccc2)C(=O)[C@H]1C(C)=O. The van der Waals surface area contributed by atoms with Crippen LogP contribution in [0, 0.1) is 11.8 Å². The minimum absolute atomic E-state index is 0.0188. The standard InChI is InChI=1S/C20H27NO2/c1-3-4-5-6-10-13-18-15-21(20(23)19(18)16(2)22)14-17-11-8-7-9-12-17/h7-13,18-19H,3-6,14-15H2,1-2H3/b13-10+/t18-,19+/m1/s1. The molecule has 1 aliphatic heterocycles. The lowest BCUT2D eigenvalue weighted by Gasteiger charge is -2.16. The number of ketones is 1. The van der Waals surface area contributed by atoms with E-state index in [1.54, 1.807) is 0 Å². The maximum Gasteiger partial charge on any atom is 0.234 e. The largest absolute Gasteiger partial charge is 0.337 e. The van der Waals surface area contributed by atoms with Gasteiger partial charge in [0.2, 0.25) is 5.91 Å². The van der Waals surface area contributed by atoms with Gasteiger partial charge >= 0.3 is 0 Å². The molecule has 0 saturated carbocycles. The average molecular weight is 313 g/mol. The number of amides is 1. The Bertz CT molecular complexity index is 550. The molecule has 2 rings (SSSR count). The molecule has 0 bridgehead atoms. The number of carbonyl (C=O) groups is 2. The molecule has 2 atom stereocenters. The number of rotatable bonds is 8. The van der Waals surface area contributed by atoms with Crippen molar-refractivity contribution in [2.24, 2.45) is 11.8 Å². The Balaban J connectivity index is 2.01. The normalized spacial score (nSPS) is 21.3. The monoisotopic (exact) mass is 313 g/mol. The highest BCUT2D eigenvalue weighted by atomic mass is 16.2. The molecule has 0 aliphatic carbocycles. The van der Waals surface area contributed by atoms with Crippen LogP contribution in [0.2, 0.25) is 0 Å². The van der Waals surface area contributed by atoms with Gasteiger partial charge in [0.25, 0.3) is 0 Å². The second-order valence-corrected chi connectivity index (χ2v) is 6.38. The number of carbonyl (C=O) groups excluding carboxylic acids is 2. The third kappa shape index (κ3) is 4.78. The first-order valence-corrected chi connectivity index (χ1v) is 8.63. The van der Waals surface area contributed by atoms with Crippen molar-refractivity contribution in [2.75, 3.05) is 6.54 Å². The summed E-state index contributed by atoms with van der Waals surface area (Å²) < 4.78 is 0. The number of allylic oxidation sites excluding steroid dienone is 1. The van der Waals surface area contributed by atoms with Crippen molar-refractivity contribution < 1.29 is 9.59 Å². The van der Waals surface area contributed by atoms with Gasteiger partial charge in [-0.3, -0.25) is 9.59 Å². The summed E-state index contributed by atoms with van der Waals surface area (Å²) in [7, 11) is 0. The van der Waals surface area contributed by atoms with Crippen LogP contribution in [0.4, 0.5) is 0 Å². The fourth-order valence-corrected chi connectivity index (χ4v) is 3.21. The summed E-state index contributed by atoms with van der Waals surface area (Å²) in [5.74, 6) is -0.523. The summed E-state index contributed by atoms with van der Waals surface area (Å²) in [5.41, 5.74) is 1.11. The molecule has 3 nitrogen and oxygen atoms in total. The highest BCUT2D eigenvalue weighted by Crippen LogP contribution is 2.28. The van der Waals surface area contributed by atoms with Crippen LogP contribution in [0.25, 0.3) is 0 Å². The lowest BCUT2D eigenvalue weighted by molar-refractivity contribution is -0.136. The van der Waals surface area contributed by atoms with E-state index in [4.69, 9.17) is 0 Å². The molecule has 1 aromatic carbocycles. The molecule has 0 N–H and O–H groups in total. The molecular formula is C20H27NO2. The first kappa shape index (κ1) is 17.5. The molecular weight excluding hydrogens is 286 g/mol. The van der Waals surface area contributed by atoms with E-state index >= 15 is 0 Å². The summed E-state index contributed by atoms with van der Waals surface area (Å²) in [6.45, 7) is 4.95. The van der Waals surface area contributed by atoms with Crippen LogP contribution in [-0.4, -0.2) is 23.1 Å². The third-order valence-corrected chi connectivity index (χ3v) is 4.45. The Kier molecular flexibility index (Phi) is 6.57. The summed E-state index contributed by atoms with van der Waals surface area (Å²) >= 11 is 0. The van der Waals surface area contributed by atoms with Gasteiger partial charge in [-0.1, -0.05) is 62.2 Å². The smallest absolute Gasteiger partial charge is 0.234 e. The fraction of sp³-hybridized carbons (Fsp3) is 0.500. The molecule has 1 saturated heterocycles. The van der Waals surface area contributed by atoms with E-state index < -0.39 is 5.92 Å². The van der Waals surface area contributed by atoms with Crippen LogP contribution < -0.4 is 0 Å². The van der Waals surface area contributed by atoms with Gasteiger partial charge in [0.15, 0.2) is 0 Å². The van der Waals surface area contributed by atoms with Crippen molar-refractivity contribution in [2.45, 2.75) is 46.1 Å². The first-order chi connectivity index (χ1) is 11.1. The molecule has 0 unspecified atom stereocenters. The Labute approximate surface area is 139 Å². The van der Waals surface area contributed by atoms with Crippen LogP contribution >= 0.6 is 0 Å². The van der Waals surface area contributed by atoms with Crippen LogP contribution in [0.5, 0.6) is 0 Å². The lowest BCUT2D eigenvalue weighted by atomic mass is 9.91. The van der Waals surface area contributed by atoms with E-state index in [1.165, 1.54) is 26.2 Å². The van der Waals surface area contributed by atoms with Crippen LogP contribution in [0.1, 0.15) is 45.1 Å². The van der Waals surface area contributed by atoms with Gasteiger partial charge in [0, 0.05) is 19.0 Å². The van der Waals surface area contributed by atoms with Crippen LogP contribution in [0.3, 0.4) is 0 Å². The minimum atomic E-state index is -0.499. The first-order valence-electron chi connectivity index (χ1n) is 8.63. The summed E-state index contributed by atoms with van der Waals surface area (Å²) in [4.78, 5) is 26.3. The lowest BCUT2D eigenvalue weighted by Crippen LogP contribution is -2.29. The molecule has 1 amide bonds. The quantitative estimate of drug-likeness (QED) is 0.413. The van der Waals surface area contributed by atoms with E-state index in [-0.39, 0.29) is 17.6 Å². The van der Waals surface area contributed by atoms with Crippen LogP contribution in [0.15, 0.2) is 42.5 Å². The number of likely N-dealkylation sites (tertiary alicyclic amines) is 1. The van der Waals surface area contributed by atoms with Gasteiger partial charge in [-0.15, -0.1) is 0 Å². The number of benzene rings is 1. The third-order valence-electron chi connectivity index (χ3n) is 4.45. The molecule has 23 heavy (non-hydrogen) atoms. The maximum atomic E-state index is 12.6. The predicted molar refractivity (Wildman–Crippen MR) is 92.8 cm³/mol. The van der Waals surface area contributed by atoms with Gasteiger partial charge in [-0.2, -0.15) is 0 Å². The van der Waals surface area contributed by atoms with Crippen molar-refractivity contribution in [3.8, 4) is 0 Å². The zero-order chi connectivity index (χ0) is 16.7. The van der Waals surface area contributed by atoms with E-state index in [0.29, 0.717) is 13.1 Å². The maximum absolute atomic E-state index is 12.6. The van der Waals surface area contributed by atoms with Crippen LogP contribution in [-0.2, 0) is 16.1 Å². The van der Waals surface area contributed by atoms with Crippen molar-refractivity contribution in [3.05, 3.63) is 48.0 Å². The summed E-state index contributed by atoms with van der Waals surface area (Å²) in [6, 6.07) is 9.95. The van der Waals surface area contributed by atoms with E-state index in [2.05, 4.69) is 19.1 Å². The Hall–Kier alpha value is -1.90. The molecule has 0 aromatic heterocycles. The van der Waals surface area contributed by atoms with Gasteiger partial charge in [0.05, 0.1) is 0 Å². The number of hydrogen-bond donors (Lipinski definition) is 0. The second kappa shape index (κ2) is 8.66. The molecule has 1 aliphatic rings. The highest BCUT2D eigenvalue weighted by molar-refractivity contribution is 6.02. The molecule has 0 spiro atoms. The van der Waals surface area contributed by atoms with Crippen molar-refractivity contribution in [3.63, 3.8) is 0 Å².